The maximum Gasteiger partial charge on any atom is 0.315 e. The van der Waals surface area contributed by atoms with Crippen molar-refractivity contribution in [2.75, 3.05) is 33.4 Å². The Balaban J connectivity index is 1.15. The quantitative estimate of drug-likeness (QED) is 0.0831. The topological polar surface area (TPSA) is 211 Å². The first-order valence-corrected chi connectivity index (χ1v) is 19.1. The average Bonchev–Trinajstić information content (AvgIpc) is 4.10. The van der Waals surface area contributed by atoms with E-state index in [0.717, 1.165) is 48.1 Å². The lowest BCUT2D eigenvalue weighted by atomic mass is 9.96. The largest absolute Gasteiger partial charge is 0.490 e. The number of aliphatic hydroxyl groups excluding tert-OH is 5. The van der Waals surface area contributed by atoms with E-state index < -0.39 is 59.2 Å². The molecule has 2 amide bonds. The van der Waals surface area contributed by atoms with Gasteiger partial charge in [-0.15, -0.1) is 0 Å². The lowest BCUT2D eigenvalue weighted by molar-refractivity contribution is -0.0902. The maximum absolute atomic E-state index is 13.5. The molecule has 5 rings (SSSR count). The van der Waals surface area contributed by atoms with Crippen molar-refractivity contribution < 1.29 is 48.2 Å². The van der Waals surface area contributed by atoms with E-state index in [-0.39, 0.29) is 30.7 Å². The van der Waals surface area contributed by atoms with Crippen molar-refractivity contribution in [2.45, 2.75) is 86.1 Å². The number of rotatable bonds is 20. The van der Waals surface area contributed by atoms with Crippen LogP contribution < -0.4 is 15.4 Å². The number of sulfonamides is 1. The van der Waals surface area contributed by atoms with Crippen LogP contribution in [0.1, 0.15) is 49.7 Å². The Hall–Kier alpha value is -3.38. The Morgan fingerprint density at radius 2 is 1.79 bits per heavy atom. The van der Waals surface area contributed by atoms with Crippen molar-refractivity contribution in [3.63, 3.8) is 0 Å². The van der Waals surface area contributed by atoms with Gasteiger partial charge in [-0.1, -0.05) is 29.8 Å². The molecule has 0 bridgehead atoms. The summed E-state index contributed by atoms with van der Waals surface area (Å²) in [5, 5.41) is 53.1. The molecule has 0 radical (unpaired) electrons. The van der Waals surface area contributed by atoms with Crippen LogP contribution in [0.25, 0.3) is 11.1 Å². The zero-order valence-corrected chi connectivity index (χ0v) is 30.5. The van der Waals surface area contributed by atoms with Gasteiger partial charge < -0.3 is 45.6 Å². The average molecular weight is 763 g/mol. The number of hydrogen-bond acceptors (Lipinski definition) is 11. The van der Waals surface area contributed by atoms with E-state index in [4.69, 9.17) is 26.2 Å². The van der Waals surface area contributed by atoms with E-state index in [1.807, 2.05) is 36.5 Å². The lowest BCUT2D eigenvalue weighted by Gasteiger charge is -2.28. The zero-order chi connectivity index (χ0) is 37.5. The van der Waals surface area contributed by atoms with Crippen LogP contribution in [-0.4, -0.2) is 113 Å². The standard InChI is InChI=1S/C36H47ClN4O10S/c1-41(17-5-4-15-39-35(47)40-30(20-42)33(45)34(46)31(44)21-43)52(48,49)25-10-11-29(37)23(18-25)22-50-36(13-14-36)28-19-38-16-12-26(28)27-6-2-3-7-32(27)51-24-8-9-24/h2-3,6-7,10-12,16,18-19,24,30-31,33-34,42-46H,4-5,8-9,13-15,17,20-22H2,1H3,(H2,39,40,47)/t30-,31-,33-,34-/m1/s1. The summed E-state index contributed by atoms with van der Waals surface area (Å²) in [7, 11) is -2.43. The first-order chi connectivity index (χ1) is 24.9. The third kappa shape index (κ3) is 9.78. The highest BCUT2D eigenvalue weighted by Gasteiger charge is 2.48. The van der Waals surface area contributed by atoms with Gasteiger partial charge in [0, 0.05) is 48.7 Å². The number of carbonyl (C=O) groups excluding carboxylic acids is 1. The van der Waals surface area contributed by atoms with Crippen LogP contribution in [0.4, 0.5) is 4.79 Å². The number of unbranched alkanes of at least 4 members (excludes halogenated alkanes) is 1. The van der Waals surface area contributed by atoms with Gasteiger partial charge in [-0.3, -0.25) is 4.98 Å². The molecule has 7 N–H and O–H groups in total. The number of para-hydroxylation sites is 1. The summed E-state index contributed by atoms with van der Waals surface area (Å²) in [4.78, 5) is 16.7. The van der Waals surface area contributed by atoms with Gasteiger partial charge in [0.2, 0.25) is 10.0 Å². The number of carbonyl (C=O) groups is 1. The van der Waals surface area contributed by atoms with E-state index in [9.17, 15) is 33.6 Å². The second-order valence-corrected chi connectivity index (χ2v) is 15.7. The number of amides is 2. The molecule has 52 heavy (non-hydrogen) atoms. The molecule has 0 spiro atoms. The summed E-state index contributed by atoms with van der Waals surface area (Å²) in [5.41, 5.74) is 2.82. The van der Waals surface area contributed by atoms with E-state index in [1.54, 1.807) is 12.3 Å². The van der Waals surface area contributed by atoms with Crippen LogP contribution >= 0.6 is 11.6 Å². The van der Waals surface area contributed by atoms with Crippen molar-refractivity contribution in [1.29, 1.82) is 0 Å². The Labute approximate surface area is 308 Å². The minimum atomic E-state index is -3.89. The first kappa shape index (κ1) is 39.8. The van der Waals surface area contributed by atoms with Gasteiger partial charge >= 0.3 is 6.03 Å². The molecule has 2 aromatic carbocycles. The van der Waals surface area contributed by atoms with Gasteiger partial charge in [0.25, 0.3) is 0 Å². The molecular formula is C36H47ClN4O10S. The van der Waals surface area contributed by atoms with Gasteiger partial charge in [0.05, 0.1) is 42.5 Å². The van der Waals surface area contributed by atoms with E-state index in [0.29, 0.717) is 23.4 Å². The van der Waals surface area contributed by atoms with Crippen molar-refractivity contribution >= 4 is 27.7 Å². The highest BCUT2D eigenvalue weighted by atomic mass is 35.5. The minimum absolute atomic E-state index is 0.0654. The van der Waals surface area contributed by atoms with Crippen molar-refractivity contribution in [3.05, 3.63) is 77.1 Å². The minimum Gasteiger partial charge on any atom is -0.490 e. The number of urea groups is 1. The van der Waals surface area contributed by atoms with Gasteiger partial charge in [-0.25, -0.2) is 17.5 Å². The highest BCUT2D eigenvalue weighted by molar-refractivity contribution is 7.89. The third-order valence-electron chi connectivity index (χ3n) is 9.28. The molecule has 0 unspecified atom stereocenters. The SMILES string of the molecule is CN(CCCCNC(=O)N[C@H](CO)[C@@H](O)[C@H](O)[C@H](O)CO)S(=O)(=O)c1ccc(Cl)c(COC2(c3cnccc3-c3ccccc3OC3CC3)CC2)c1. The fourth-order valence-electron chi connectivity index (χ4n) is 5.79. The fourth-order valence-corrected chi connectivity index (χ4v) is 7.22. The molecule has 284 valence electrons. The molecule has 0 saturated heterocycles. The highest BCUT2D eigenvalue weighted by Crippen LogP contribution is 2.53. The molecular weight excluding hydrogens is 716 g/mol. The monoisotopic (exact) mass is 762 g/mol. The molecule has 3 aromatic rings. The van der Waals surface area contributed by atoms with Crippen LogP contribution in [0.5, 0.6) is 5.75 Å². The van der Waals surface area contributed by atoms with E-state index in [1.165, 1.54) is 23.5 Å². The first-order valence-electron chi connectivity index (χ1n) is 17.3. The molecule has 1 heterocycles. The van der Waals surface area contributed by atoms with E-state index in [2.05, 4.69) is 15.6 Å². The van der Waals surface area contributed by atoms with Gasteiger partial charge in [0.15, 0.2) is 0 Å². The summed E-state index contributed by atoms with van der Waals surface area (Å²) in [5.74, 6) is 0.821. The maximum atomic E-state index is 13.5. The molecule has 2 fully saturated rings. The smallest absolute Gasteiger partial charge is 0.315 e. The lowest BCUT2D eigenvalue weighted by Crippen LogP contribution is -2.56. The second-order valence-electron chi connectivity index (χ2n) is 13.2. The number of hydrogen-bond donors (Lipinski definition) is 7. The molecule has 2 aliphatic rings. The Morgan fingerprint density at radius 3 is 2.48 bits per heavy atom. The molecule has 1 aromatic heterocycles. The van der Waals surface area contributed by atoms with Crippen LogP contribution in [-0.2, 0) is 27.0 Å². The summed E-state index contributed by atoms with van der Waals surface area (Å²) in [6.07, 6.45) is 3.07. The fraction of sp³-hybridized carbons (Fsp3) is 0.500. The van der Waals surface area contributed by atoms with Crippen LogP contribution in [0.15, 0.2) is 65.8 Å². The number of aliphatic hydroxyl groups is 5. The Bertz CT molecular complexity index is 1780. The van der Waals surface area contributed by atoms with Crippen molar-refractivity contribution in [3.8, 4) is 16.9 Å². The Morgan fingerprint density at radius 1 is 1.04 bits per heavy atom. The predicted molar refractivity (Wildman–Crippen MR) is 192 cm³/mol. The van der Waals surface area contributed by atoms with Crippen LogP contribution in [0, 0.1) is 0 Å². The van der Waals surface area contributed by atoms with Crippen molar-refractivity contribution in [2.24, 2.45) is 0 Å². The number of ether oxygens (including phenoxy) is 2. The van der Waals surface area contributed by atoms with Gasteiger partial charge in [-0.05, 0) is 80.0 Å². The molecule has 2 aliphatic carbocycles. The normalized spacial score (nSPS) is 17.6. The zero-order valence-electron chi connectivity index (χ0n) is 28.9. The summed E-state index contributed by atoms with van der Waals surface area (Å²) < 4.78 is 40.9. The molecule has 4 atom stereocenters. The third-order valence-corrected chi connectivity index (χ3v) is 11.5. The number of benzene rings is 2. The number of halogens is 1. The van der Waals surface area contributed by atoms with E-state index >= 15 is 0 Å². The number of nitrogens with zero attached hydrogens (tertiary/aromatic N) is 2. The summed E-state index contributed by atoms with van der Waals surface area (Å²) in [6.45, 7) is -1.16. The summed E-state index contributed by atoms with van der Waals surface area (Å²) in [6, 6.07) is 12.4. The van der Waals surface area contributed by atoms with Crippen LogP contribution in [0.3, 0.4) is 0 Å². The van der Waals surface area contributed by atoms with Gasteiger partial charge in [-0.2, -0.15) is 0 Å². The molecule has 14 nitrogen and oxygen atoms in total. The van der Waals surface area contributed by atoms with Crippen molar-refractivity contribution in [1.82, 2.24) is 19.9 Å². The number of nitrogens with one attached hydrogen (secondary N) is 2. The van der Waals surface area contributed by atoms with Crippen LogP contribution in [0.2, 0.25) is 5.02 Å². The molecule has 2 saturated carbocycles. The second kappa shape index (κ2) is 17.6. The number of pyridine rings is 1. The number of aromatic nitrogens is 1. The predicted octanol–water partition coefficient (Wildman–Crippen LogP) is 2.28. The van der Waals surface area contributed by atoms with Gasteiger partial charge in [0.1, 0.15) is 24.1 Å². The molecule has 16 heteroatoms. The molecule has 0 aliphatic heterocycles. The summed E-state index contributed by atoms with van der Waals surface area (Å²) >= 11 is 6.54. The Kier molecular flexibility index (Phi) is 13.5.